The number of nitrogens with zero attached hydrogens (tertiary/aromatic N) is 2. The maximum absolute atomic E-state index is 14.2. The summed E-state index contributed by atoms with van der Waals surface area (Å²) in [7, 11) is 0. The minimum absolute atomic E-state index is 0.156. The van der Waals surface area contributed by atoms with Crippen molar-refractivity contribution in [3.63, 3.8) is 0 Å². The van der Waals surface area contributed by atoms with Crippen molar-refractivity contribution in [1.82, 2.24) is 15.2 Å². The number of rotatable bonds is 3. The Morgan fingerprint density at radius 3 is 2.61 bits per heavy atom. The molecule has 0 aliphatic carbocycles. The Morgan fingerprint density at radius 1 is 1.07 bits per heavy atom. The van der Waals surface area contributed by atoms with Crippen LogP contribution in [0.5, 0.6) is 0 Å². The van der Waals surface area contributed by atoms with Crippen LogP contribution in [0.1, 0.15) is 18.1 Å². The Bertz CT molecular complexity index is 1130. The van der Waals surface area contributed by atoms with E-state index in [1.807, 2.05) is 0 Å². The van der Waals surface area contributed by atoms with Crippen molar-refractivity contribution in [3.8, 4) is 0 Å². The van der Waals surface area contributed by atoms with Crippen LogP contribution in [0.3, 0.4) is 0 Å². The number of hydrogen-bond acceptors (Lipinski definition) is 3. The third kappa shape index (κ3) is 2.77. The van der Waals surface area contributed by atoms with Crippen LogP contribution in [0.15, 0.2) is 48.7 Å². The van der Waals surface area contributed by atoms with E-state index in [2.05, 4.69) is 10.3 Å². The van der Waals surface area contributed by atoms with Crippen LogP contribution in [0.25, 0.3) is 10.9 Å². The van der Waals surface area contributed by atoms with Gasteiger partial charge < -0.3 is 5.32 Å². The Hall–Kier alpha value is -3.42. The van der Waals surface area contributed by atoms with Crippen LogP contribution in [-0.4, -0.2) is 21.8 Å². The van der Waals surface area contributed by atoms with Crippen LogP contribution in [0.4, 0.5) is 18.0 Å². The normalized spacial score (nSPS) is 19.4. The van der Waals surface area contributed by atoms with Gasteiger partial charge in [0.05, 0.1) is 12.1 Å². The fourth-order valence-electron chi connectivity index (χ4n) is 3.44. The van der Waals surface area contributed by atoms with E-state index in [9.17, 15) is 22.8 Å². The third-order valence-corrected chi connectivity index (χ3v) is 4.82. The van der Waals surface area contributed by atoms with E-state index in [1.54, 1.807) is 12.1 Å². The number of urea groups is 1. The maximum atomic E-state index is 14.2. The van der Waals surface area contributed by atoms with Gasteiger partial charge in [0.2, 0.25) is 0 Å². The molecule has 5 nitrogen and oxygen atoms in total. The molecule has 3 amide bonds. The number of aromatic nitrogens is 1. The second-order valence-electron chi connectivity index (χ2n) is 6.71. The third-order valence-electron chi connectivity index (χ3n) is 4.82. The van der Waals surface area contributed by atoms with E-state index in [-0.39, 0.29) is 12.1 Å². The number of carbonyl (C=O) groups excluding carboxylic acids is 2. The molecule has 1 fully saturated rings. The highest BCUT2D eigenvalue weighted by Gasteiger charge is 2.50. The van der Waals surface area contributed by atoms with Crippen molar-refractivity contribution in [2.45, 2.75) is 19.0 Å². The van der Waals surface area contributed by atoms with Gasteiger partial charge in [0.25, 0.3) is 5.91 Å². The van der Waals surface area contributed by atoms with E-state index in [0.29, 0.717) is 22.5 Å². The van der Waals surface area contributed by atoms with Gasteiger partial charge in [-0.15, -0.1) is 0 Å². The molecule has 2 heterocycles. The lowest BCUT2D eigenvalue weighted by atomic mass is 9.91. The molecular weight excluding hydrogens is 371 g/mol. The van der Waals surface area contributed by atoms with E-state index in [1.165, 1.54) is 25.3 Å². The van der Waals surface area contributed by atoms with Gasteiger partial charge in [0.15, 0.2) is 0 Å². The molecule has 3 aromatic rings. The largest absolute Gasteiger partial charge is 0.325 e. The molecule has 0 spiro atoms. The second kappa shape index (κ2) is 6.33. The maximum Gasteiger partial charge on any atom is 0.325 e. The first-order valence-corrected chi connectivity index (χ1v) is 8.42. The van der Waals surface area contributed by atoms with Crippen molar-refractivity contribution in [2.75, 3.05) is 0 Å². The molecule has 1 aliphatic heterocycles. The number of amides is 3. The van der Waals surface area contributed by atoms with Gasteiger partial charge >= 0.3 is 6.03 Å². The lowest BCUT2D eigenvalue weighted by molar-refractivity contribution is -0.131. The summed E-state index contributed by atoms with van der Waals surface area (Å²) < 4.78 is 41.4. The van der Waals surface area contributed by atoms with E-state index in [4.69, 9.17) is 0 Å². The number of carbonyl (C=O) groups is 2. The van der Waals surface area contributed by atoms with Crippen LogP contribution in [0.2, 0.25) is 0 Å². The first kappa shape index (κ1) is 18.0. The second-order valence-corrected chi connectivity index (χ2v) is 6.71. The molecule has 1 atom stereocenters. The smallest absolute Gasteiger partial charge is 0.319 e. The molecule has 0 radical (unpaired) electrons. The molecule has 0 saturated carbocycles. The molecule has 0 bridgehead atoms. The SMILES string of the molecule is CC1(c2ccc(F)cc2F)NC(=O)N(Cc2cc(F)cc3cccnc23)C1=O. The fraction of sp³-hybridized carbons (Fsp3) is 0.150. The van der Waals surface area contributed by atoms with Crippen LogP contribution in [0, 0.1) is 17.5 Å². The summed E-state index contributed by atoms with van der Waals surface area (Å²) in [5.74, 6) is -3.00. The van der Waals surface area contributed by atoms with Crippen LogP contribution < -0.4 is 5.32 Å². The zero-order chi connectivity index (χ0) is 20.1. The Kier molecular flexibility index (Phi) is 4.06. The average Bonchev–Trinajstić information content (AvgIpc) is 2.85. The minimum Gasteiger partial charge on any atom is -0.319 e. The molecule has 28 heavy (non-hydrogen) atoms. The number of halogens is 3. The molecule has 1 saturated heterocycles. The molecule has 8 heteroatoms. The summed E-state index contributed by atoms with van der Waals surface area (Å²) in [6.07, 6.45) is 1.52. The number of benzene rings is 2. The molecule has 142 valence electrons. The standard InChI is InChI=1S/C20H14F3N3O2/c1-20(15-5-4-13(21)9-16(15)23)18(27)26(19(28)25-20)10-12-8-14(22)7-11-3-2-6-24-17(11)12/h2-9H,10H2,1H3,(H,25,28). The monoisotopic (exact) mass is 385 g/mol. The lowest BCUT2D eigenvalue weighted by Crippen LogP contribution is -2.41. The molecule has 4 rings (SSSR count). The molecule has 1 aliphatic rings. The quantitative estimate of drug-likeness (QED) is 0.701. The fourth-order valence-corrected chi connectivity index (χ4v) is 3.44. The van der Waals surface area contributed by atoms with Crippen molar-refractivity contribution in [1.29, 1.82) is 0 Å². The van der Waals surface area contributed by atoms with E-state index < -0.39 is 34.9 Å². The van der Waals surface area contributed by atoms with Crippen molar-refractivity contribution >= 4 is 22.8 Å². The summed E-state index contributed by atoms with van der Waals surface area (Å²) in [5.41, 5.74) is -1.07. The molecule has 1 aromatic heterocycles. The van der Waals surface area contributed by atoms with Crippen LogP contribution in [-0.2, 0) is 16.9 Å². The molecule has 1 unspecified atom stereocenters. The topological polar surface area (TPSA) is 62.3 Å². The molecular formula is C20H14F3N3O2. The van der Waals surface area contributed by atoms with Gasteiger partial charge in [-0.3, -0.25) is 14.7 Å². The number of nitrogens with one attached hydrogen (secondary N) is 1. The van der Waals surface area contributed by atoms with Gasteiger partial charge in [-0.05, 0) is 31.2 Å². The summed E-state index contributed by atoms with van der Waals surface area (Å²) in [4.78, 5) is 30.5. The first-order valence-electron chi connectivity index (χ1n) is 8.42. The highest BCUT2D eigenvalue weighted by Crippen LogP contribution is 2.32. The first-order chi connectivity index (χ1) is 13.3. The Morgan fingerprint density at radius 2 is 1.86 bits per heavy atom. The highest BCUT2D eigenvalue weighted by molar-refractivity contribution is 6.07. The minimum atomic E-state index is -1.70. The summed E-state index contributed by atoms with van der Waals surface area (Å²) in [6.45, 7) is 1.10. The van der Waals surface area contributed by atoms with Gasteiger partial charge in [0, 0.05) is 28.8 Å². The van der Waals surface area contributed by atoms with Crippen molar-refractivity contribution in [2.24, 2.45) is 0 Å². The van der Waals surface area contributed by atoms with Gasteiger partial charge in [-0.1, -0.05) is 12.1 Å². The Labute approximate surface area is 157 Å². The number of imide groups is 1. The van der Waals surface area contributed by atoms with Gasteiger partial charge in [0.1, 0.15) is 23.0 Å². The lowest BCUT2D eigenvalue weighted by Gasteiger charge is -2.23. The van der Waals surface area contributed by atoms with Crippen molar-refractivity contribution < 1.29 is 22.8 Å². The number of fused-ring (bicyclic) bond motifs is 1. The predicted octanol–water partition coefficient (Wildman–Crippen LogP) is 3.62. The summed E-state index contributed by atoms with van der Waals surface area (Å²) >= 11 is 0. The predicted molar refractivity (Wildman–Crippen MR) is 94.5 cm³/mol. The Balaban J connectivity index is 1.73. The van der Waals surface area contributed by atoms with Crippen LogP contribution >= 0.6 is 0 Å². The zero-order valence-electron chi connectivity index (χ0n) is 14.7. The van der Waals surface area contributed by atoms with E-state index in [0.717, 1.165) is 17.0 Å². The number of hydrogen-bond donors (Lipinski definition) is 1. The van der Waals surface area contributed by atoms with Crippen molar-refractivity contribution in [3.05, 3.63) is 77.2 Å². The summed E-state index contributed by atoms with van der Waals surface area (Å²) in [6, 6.07) is 7.82. The number of pyridine rings is 1. The molecule has 1 N–H and O–H groups in total. The van der Waals surface area contributed by atoms with Gasteiger partial charge in [-0.2, -0.15) is 0 Å². The average molecular weight is 385 g/mol. The highest BCUT2D eigenvalue weighted by atomic mass is 19.1. The summed E-state index contributed by atoms with van der Waals surface area (Å²) in [5, 5.41) is 2.98. The van der Waals surface area contributed by atoms with E-state index >= 15 is 0 Å². The van der Waals surface area contributed by atoms with Gasteiger partial charge in [-0.25, -0.2) is 18.0 Å². The zero-order valence-corrected chi connectivity index (χ0v) is 14.7. The molecule has 2 aromatic carbocycles.